The fourth-order valence-corrected chi connectivity index (χ4v) is 1.79. The largest absolute Gasteiger partial charge is 0.448 e. The first kappa shape index (κ1) is 17.2. The van der Waals surface area contributed by atoms with Gasteiger partial charge in [-0.1, -0.05) is 63.7 Å². The highest BCUT2D eigenvalue weighted by Crippen LogP contribution is 2.09. The van der Waals surface area contributed by atoms with Crippen LogP contribution < -0.4 is 0 Å². The van der Waals surface area contributed by atoms with Crippen LogP contribution in [0.15, 0.2) is 0 Å². The lowest BCUT2D eigenvalue weighted by molar-refractivity contribution is 0.107. The summed E-state index contributed by atoms with van der Waals surface area (Å²) in [4.78, 5) is 13.8. The van der Waals surface area contributed by atoms with Crippen molar-refractivity contribution >= 4 is 69.8 Å². The second-order valence-corrected chi connectivity index (χ2v) is 7.00. The van der Waals surface area contributed by atoms with E-state index in [1.807, 2.05) is 6.92 Å². The van der Waals surface area contributed by atoms with Crippen LogP contribution in [0.1, 0.15) is 6.92 Å². The summed E-state index contributed by atoms with van der Waals surface area (Å²) in [5.74, 6) is 0. The van der Waals surface area contributed by atoms with E-state index in [9.17, 15) is 4.79 Å². The average Bonchev–Trinajstić information content (AvgIpc) is 2.31. The number of carbonyl (C=O) groups is 1. The van der Waals surface area contributed by atoms with Crippen LogP contribution in [0.5, 0.6) is 0 Å². The summed E-state index contributed by atoms with van der Waals surface area (Å²) in [6.07, 6.45) is -0.265. The van der Waals surface area contributed by atoms with Gasteiger partial charge < -0.3 is 9.64 Å². The van der Waals surface area contributed by atoms with E-state index < -0.39 is 0 Å². The minimum atomic E-state index is -0.265. The van der Waals surface area contributed by atoms with Gasteiger partial charge in [0.2, 0.25) is 0 Å². The van der Waals surface area contributed by atoms with E-state index in [4.69, 9.17) is 4.74 Å². The van der Waals surface area contributed by atoms with Crippen molar-refractivity contribution in [1.82, 2.24) is 4.90 Å². The van der Waals surface area contributed by atoms with E-state index >= 15 is 0 Å². The van der Waals surface area contributed by atoms with Crippen molar-refractivity contribution in [3.05, 3.63) is 0 Å². The maximum Gasteiger partial charge on any atom is 0.409 e. The highest BCUT2D eigenvalue weighted by atomic mass is 79.9. The van der Waals surface area contributed by atoms with Crippen molar-refractivity contribution in [3.8, 4) is 0 Å². The summed E-state index contributed by atoms with van der Waals surface area (Å²) in [6, 6.07) is 0. The molecule has 0 aromatic carbocycles. The predicted molar refractivity (Wildman–Crippen MR) is 81.6 cm³/mol. The standard InChI is InChI=1S/C9H15Br4NO2/c1-2-14(5-7(12)3-10)9(15)16-6-8(13)4-11/h7-8H,2-6H2,1H3. The van der Waals surface area contributed by atoms with Crippen LogP contribution in [0.2, 0.25) is 0 Å². The maximum absolute atomic E-state index is 11.7. The minimum absolute atomic E-state index is 0.158. The number of carbonyl (C=O) groups excluding carboxylic acids is 1. The summed E-state index contributed by atoms with van der Waals surface area (Å²) in [5, 5.41) is 1.56. The highest BCUT2D eigenvalue weighted by Gasteiger charge is 2.17. The van der Waals surface area contributed by atoms with Crippen molar-refractivity contribution in [1.29, 1.82) is 0 Å². The molecule has 0 aliphatic rings. The van der Waals surface area contributed by atoms with Crippen LogP contribution >= 0.6 is 63.7 Å². The Morgan fingerprint density at radius 1 is 1.25 bits per heavy atom. The molecule has 0 saturated heterocycles. The molecule has 2 atom stereocenters. The molecule has 0 aromatic heterocycles. The van der Waals surface area contributed by atoms with Crippen LogP contribution in [0.25, 0.3) is 0 Å². The molecule has 0 rings (SSSR count). The highest BCUT2D eigenvalue weighted by molar-refractivity contribution is 9.12. The maximum atomic E-state index is 11.7. The molecule has 0 aliphatic heterocycles. The first-order valence-electron chi connectivity index (χ1n) is 4.86. The molecule has 0 fully saturated rings. The molecule has 16 heavy (non-hydrogen) atoms. The van der Waals surface area contributed by atoms with Crippen molar-refractivity contribution in [2.45, 2.75) is 16.6 Å². The minimum Gasteiger partial charge on any atom is -0.448 e. The van der Waals surface area contributed by atoms with Crippen molar-refractivity contribution in [2.24, 2.45) is 0 Å². The quantitative estimate of drug-likeness (QED) is 0.511. The van der Waals surface area contributed by atoms with E-state index in [1.54, 1.807) is 4.90 Å². The summed E-state index contributed by atoms with van der Waals surface area (Å²) in [7, 11) is 0. The first-order valence-corrected chi connectivity index (χ1v) is 8.94. The molecular formula is C9H15Br4NO2. The van der Waals surface area contributed by atoms with E-state index in [2.05, 4.69) is 63.7 Å². The average molecular weight is 489 g/mol. The Morgan fingerprint density at radius 3 is 2.25 bits per heavy atom. The Balaban J connectivity index is 4.00. The predicted octanol–water partition coefficient (Wildman–Crippen LogP) is 3.76. The van der Waals surface area contributed by atoms with E-state index in [-0.39, 0.29) is 15.7 Å². The molecule has 2 unspecified atom stereocenters. The van der Waals surface area contributed by atoms with E-state index in [0.717, 1.165) is 10.7 Å². The monoisotopic (exact) mass is 485 g/mol. The van der Waals surface area contributed by atoms with Gasteiger partial charge in [-0.25, -0.2) is 4.79 Å². The third kappa shape index (κ3) is 7.50. The van der Waals surface area contributed by atoms with Gasteiger partial charge in [0.1, 0.15) is 6.61 Å². The van der Waals surface area contributed by atoms with Crippen LogP contribution in [0, 0.1) is 0 Å². The molecular weight excluding hydrogens is 474 g/mol. The second-order valence-electron chi connectivity index (χ2n) is 3.12. The van der Waals surface area contributed by atoms with Gasteiger partial charge in [0.15, 0.2) is 0 Å². The van der Waals surface area contributed by atoms with Gasteiger partial charge in [0.05, 0.1) is 4.83 Å². The normalized spacial score (nSPS) is 14.3. The Kier molecular flexibility index (Phi) is 10.9. The van der Waals surface area contributed by atoms with Crippen molar-refractivity contribution in [2.75, 3.05) is 30.4 Å². The topological polar surface area (TPSA) is 29.5 Å². The molecule has 0 heterocycles. The summed E-state index contributed by atoms with van der Waals surface area (Å²) < 4.78 is 5.17. The molecule has 0 aromatic rings. The van der Waals surface area contributed by atoms with Gasteiger partial charge in [-0.15, -0.1) is 0 Å². The van der Waals surface area contributed by atoms with Gasteiger partial charge in [-0.3, -0.25) is 0 Å². The number of hydrogen-bond donors (Lipinski definition) is 0. The molecule has 0 aliphatic carbocycles. The van der Waals surface area contributed by atoms with Crippen molar-refractivity contribution < 1.29 is 9.53 Å². The van der Waals surface area contributed by atoms with Crippen LogP contribution in [-0.4, -0.2) is 51.0 Å². The number of nitrogens with zero attached hydrogens (tertiary/aromatic N) is 1. The summed E-state index contributed by atoms with van der Waals surface area (Å²) in [5.41, 5.74) is 0. The molecule has 0 saturated carbocycles. The molecule has 1 amide bonds. The zero-order valence-corrected chi connectivity index (χ0v) is 15.3. The van der Waals surface area contributed by atoms with Gasteiger partial charge in [0, 0.05) is 28.6 Å². The Labute approximate surface area is 130 Å². The molecule has 0 radical (unpaired) electrons. The Hall–Kier alpha value is 1.19. The van der Waals surface area contributed by atoms with Gasteiger partial charge >= 0.3 is 6.09 Å². The zero-order chi connectivity index (χ0) is 12.6. The third-order valence-electron chi connectivity index (χ3n) is 1.78. The Morgan fingerprint density at radius 2 is 1.81 bits per heavy atom. The molecule has 0 N–H and O–H groups in total. The SMILES string of the molecule is CCN(CC(Br)CBr)C(=O)OCC(Br)CBr. The van der Waals surface area contributed by atoms with E-state index in [1.165, 1.54) is 0 Å². The van der Waals surface area contributed by atoms with Gasteiger partial charge in [-0.05, 0) is 6.92 Å². The molecule has 0 bridgehead atoms. The molecule has 3 nitrogen and oxygen atoms in total. The van der Waals surface area contributed by atoms with Crippen LogP contribution in [0.4, 0.5) is 4.79 Å². The number of rotatable bonds is 7. The third-order valence-corrected chi connectivity index (χ3v) is 6.28. The molecule has 7 heteroatoms. The van der Waals surface area contributed by atoms with Crippen LogP contribution in [-0.2, 0) is 4.74 Å². The lowest BCUT2D eigenvalue weighted by atomic mass is 10.4. The Bertz CT molecular complexity index is 206. The second kappa shape index (κ2) is 10.1. The zero-order valence-electron chi connectivity index (χ0n) is 8.97. The molecule has 96 valence electrons. The summed E-state index contributed by atoms with van der Waals surface area (Å²) in [6.45, 7) is 3.60. The van der Waals surface area contributed by atoms with Gasteiger partial charge in [0.25, 0.3) is 0 Å². The number of halogens is 4. The van der Waals surface area contributed by atoms with E-state index in [0.29, 0.717) is 19.7 Å². The fraction of sp³-hybridized carbons (Fsp3) is 0.889. The van der Waals surface area contributed by atoms with Gasteiger partial charge in [-0.2, -0.15) is 0 Å². The number of ether oxygens (including phenoxy) is 1. The molecule has 0 spiro atoms. The number of hydrogen-bond acceptors (Lipinski definition) is 2. The van der Waals surface area contributed by atoms with Crippen LogP contribution in [0.3, 0.4) is 0 Å². The fourth-order valence-electron chi connectivity index (χ4n) is 0.918. The smallest absolute Gasteiger partial charge is 0.409 e. The lowest BCUT2D eigenvalue weighted by Gasteiger charge is -2.22. The number of amides is 1. The van der Waals surface area contributed by atoms with Crippen molar-refractivity contribution in [3.63, 3.8) is 0 Å². The lowest BCUT2D eigenvalue weighted by Crippen LogP contribution is -2.37. The first-order chi connectivity index (χ1) is 7.54. The number of alkyl halides is 4. The summed E-state index contributed by atoms with van der Waals surface area (Å²) >= 11 is 13.5.